The highest BCUT2D eigenvalue weighted by molar-refractivity contribution is 7.19. The number of aliphatic hydroxyl groups excluding tert-OH is 1. The Morgan fingerprint density at radius 3 is 3.05 bits per heavy atom. The van der Waals surface area contributed by atoms with Gasteiger partial charge < -0.3 is 10.4 Å². The lowest BCUT2D eigenvalue weighted by molar-refractivity contribution is 0.241. The molecule has 3 N–H and O–H groups in total. The third-order valence-corrected chi connectivity index (χ3v) is 3.92. The Labute approximate surface area is 118 Å². The van der Waals surface area contributed by atoms with Crippen LogP contribution in [0, 0.1) is 0 Å². The van der Waals surface area contributed by atoms with Crippen LogP contribution < -0.4 is 10.6 Å². The molecule has 0 spiro atoms. The maximum Gasteiger partial charge on any atom is 0.321 e. The fourth-order valence-corrected chi connectivity index (χ4v) is 2.85. The molecule has 6 nitrogen and oxygen atoms in total. The second-order valence-electron chi connectivity index (χ2n) is 3.94. The maximum atomic E-state index is 11.6. The molecule has 0 aliphatic carbocycles. The zero-order valence-electron chi connectivity index (χ0n) is 10.3. The highest BCUT2D eigenvalue weighted by Gasteiger charge is 2.11. The van der Waals surface area contributed by atoms with Crippen molar-refractivity contribution in [3.63, 3.8) is 0 Å². The molecule has 0 saturated heterocycles. The predicted octanol–water partition coefficient (Wildman–Crippen LogP) is 2.16. The first kappa shape index (κ1) is 13.9. The van der Waals surface area contributed by atoms with Crippen LogP contribution in [-0.4, -0.2) is 34.0 Å². The van der Waals surface area contributed by atoms with E-state index in [9.17, 15) is 4.79 Å². The first-order chi connectivity index (χ1) is 9.19. The number of nitrogens with one attached hydrogen (secondary N) is 2. The van der Waals surface area contributed by atoms with Crippen LogP contribution in [0.1, 0.15) is 13.3 Å². The monoisotopic (exact) mass is 298 g/mol. The van der Waals surface area contributed by atoms with Crippen LogP contribution in [0.4, 0.5) is 9.93 Å². The lowest BCUT2D eigenvalue weighted by Gasteiger charge is -2.11. The molecule has 0 aliphatic heterocycles. The van der Waals surface area contributed by atoms with E-state index in [0.717, 1.165) is 10.6 Å². The second-order valence-corrected chi connectivity index (χ2v) is 5.69. The van der Waals surface area contributed by atoms with Gasteiger partial charge in [0.05, 0.1) is 0 Å². The van der Waals surface area contributed by atoms with Crippen molar-refractivity contribution in [3.8, 4) is 10.6 Å². The molecule has 2 heterocycles. The number of nitrogens with zero attached hydrogens (tertiary/aromatic N) is 2. The number of amides is 2. The molecular formula is C11H14N4O2S2. The number of aliphatic hydroxyl groups is 1. The molecule has 19 heavy (non-hydrogen) atoms. The second kappa shape index (κ2) is 6.60. The molecular weight excluding hydrogens is 284 g/mol. The van der Waals surface area contributed by atoms with E-state index in [2.05, 4.69) is 20.8 Å². The largest absolute Gasteiger partial charge is 0.396 e. The summed E-state index contributed by atoms with van der Waals surface area (Å²) in [5.41, 5.74) is 1.00. The minimum absolute atomic E-state index is 0.0442. The van der Waals surface area contributed by atoms with Gasteiger partial charge >= 0.3 is 6.03 Å². The number of thiophene rings is 1. The molecule has 8 heteroatoms. The van der Waals surface area contributed by atoms with Crippen molar-refractivity contribution >= 4 is 33.8 Å². The van der Waals surface area contributed by atoms with Crippen LogP contribution in [-0.2, 0) is 0 Å². The van der Waals surface area contributed by atoms with E-state index in [4.69, 9.17) is 5.11 Å². The zero-order valence-corrected chi connectivity index (χ0v) is 11.9. The van der Waals surface area contributed by atoms with Gasteiger partial charge in [-0.1, -0.05) is 11.3 Å². The Balaban J connectivity index is 1.91. The number of carbonyl (C=O) groups is 1. The molecule has 0 bridgehead atoms. The molecule has 0 saturated carbocycles. The minimum Gasteiger partial charge on any atom is -0.396 e. The summed E-state index contributed by atoms with van der Waals surface area (Å²) >= 11 is 2.91. The van der Waals surface area contributed by atoms with Crippen LogP contribution in [0.15, 0.2) is 16.8 Å². The third kappa shape index (κ3) is 3.98. The predicted molar refractivity (Wildman–Crippen MR) is 76.5 cm³/mol. The molecule has 2 amide bonds. The number of hydrogen-bond acceptors (Lipinski definition) is 6. The molecule has 0 unspecified atom stereocenters. The van der Waals surface area contributed by atoms with Crippen LogP contribution in [0.2, 0.25) is 0 Å². The molecule has 0 fully saturated rings. The van der Waals surface area contributed by atoms with Crippen molar-refractivity contribution < 1.29 is 9.90 Å². The van der Waals surface area contributed by atoms with Gasteiger partial charge in [0, 0.05) is 23.6 Å². The summed E-state index contributed by atoms with van der Waals surface area (Å²) in [5.74, 6) is 0. The topological polar surface area (TPSA) is 87.1 Å². The van der Waals surface area contributed by atoms with Gasteiger partial charge in [-0.3, -0.25) is 5.32 Å². The minimum atomic E-state index is -0.339. The lowest BCUT2D eigenvalue weighted by atomic mass is 10.2. The van der Waals surface area contributed by atoms with Gasteiger partial charge in [-0.2, -0.15) is 11.3 Å². The number of anilines is 1. The van der Waals surface area contributed by atoms with E-state index in [1.54, 1.807) is 11.3 Å². The SMILES string of the molecule is C[C@H](CCO)NC(=O)Nc1nnc(-c2ccsc2)s1. The Morgan fingerprint density at radius 2 is 2.37 bits per heavy atom. The van der Waals surface area contributed by atoms with Gasteiger partial charge in [0.2, 0.25) is 5.13 Å². The molecule has 1 atom stereocenters. The van der Waals surface area contributed by atoms with Crippen molar-refractivity contribution in [2.45, 2.75) is 19.4 Å². The normalized spacial score (nSPS) is 12.1. The molecule has 0 radical (unpaired) electrons. The fraction of sp³-hybridized carbons (Fsp3) is 0.364. The number of carbonyl (C=O) groups excluding carboxylic acids is 1. The smallest absolute Gasteiger partial charge is 0.321 e. The first-order valence-corrected chi connectivity index (χ1v) is 7.49. The van der Waals surface area contributed by atoms with Gasteiger partial charge in [0.25, 0.3) is 0 Å². The van der Waals surface area contributed by atoms with Crippen molar-refractivity contribution in [1.82, 2.24) is 15.5 Å². The average Bonchev–Trinajstić information content (AvgIpc) is 2.98. The molecule has 0 aromatic carbocycles. The van der Waals surface area contributed by atoms with E-state index < -0.39 is 0 Å². The summed E-state index contributed by atoms with van der Waals surface area (Å²) in [7, 11) is 0. The van der Waals surface area contributed by atoms with E-state index in [-0.39, 0.29) is 18.7 Å². The summed E-state index contributed by atoms with van der Waals surface area (Å²) in [6, 6.07) is 1.53. The van der Waals surface area contributed by atoms with Gasteiger partial charge in [-0.05, 0) is 24.8 Å². The lowest BCUT2D eigenvalue weighted by Crippen LogP contribution is -2.36. The summed E-state index contributed by atoms with van der Waals surface area (Å²) in [4.78, 5) is 11.6. The molecule has 0 aliphatic rings. The average molecular weight is 298 g/mol. The summed E-state index contributed by atoms with van der Waals surface area (Å²) in [6.07, 6.45) is 0.518. The summed E-state index contributed by atoms with van der Waals surface area (Å²) < 4.78 is 0. The third-order valence-electron chi connectivity index (χ3n) is 2.35. The van der Waals surface area contributed by atoms with Crippen molar-refractivity contribution in [2.24, 2.45) is 0 Å². The standard InChI is InChI=1S/C11H14N4O2S2/c1-7(2-4-16)12-10(17)13-11-15-14-9(19-11)8-3-5-18-6-8/h3,5-7,16H,2,4H2,1H3,(H2,12,13,15,17)/t7-/m1/s1. The zero-order chi connectivity index (χ0) is 13.7. The van der Waals surface area contributed by atoms with Gasteiger partial charge in [-0.25, -0.2) is 4.79 Å². The van der Waals surface area contributed by atoms with Crippen LogP contribution in [0.3, 0.4) is 0 Å². The Kier molecular flexibility index (Phi) is 4.83. The van der Waals surface area contributed by atoms with E-state index >= 15 is 0 Å². The quantitative estimate of drug-likeness (QED) is 0.789. The van der Waals surface area contributed by atoms with E-state index in [1.807, 2.05) is 23.8 Å². The number of aromatic nitrogens is 2. The first-order valence-electron chi connectivity index (χ1n) is 5.73. The van der Waals surface area contributed by atoms with Crippen molar-refractivity contribution in [3.05, 3.63) is 16.8 Å². The van der Waals surface area contributed by atoms with Crippen LogP contribution in [0.5, 0.6) is 0 Å². The van der Waals surface area contributed by atoms with Gasteiger partial charge in [0.1, 0.15) is 5.01 Å². The highest BCUT2D eigenvalue weighted by Crippen LogP contribution is 2.27. The Morgan fingerprint density at radius 1 is 1.53 bits per heavy atom. The van der Waals surface area contributed by atoms with Gasteiger partial charge in [0.15, 0.2) is 0 Å². The molecule has 2 aromatic rings. The number of urea groups is 1. The molecule has 2 rings (SSSR count). The van der Waals surface area contributed by atoms with E-state index in [0.29, 0.717) is 11.6 Å². The fourth-order valence-electron chi connectivity index (χ4n) is 1.40. The molecule has 102 valence electrons. The van der Waals surface area contributed by atoms with E-state index in [1.165, 1.54) is 11.3 Å². The van der Waals surface area contributed by atoms with Crippen molar-refractivity contribution in [2.75, 3.05) is 11.9 Å². The summed E-state index contributed by atoms with van der Waals surface area (Å²) in [6.45, 7) is 1.87. The Hall–Kier alpha value is -1.51. The summed E-state index contributed by atoms with van der Waals surface area (Å²) in [5, 5.41) is 27.2. The van der Waals surface area contributed by atoms with Gasteiger partial charge in [-0.15, -0.1) is 10.2 Å². The Bertz CT molecular complexity index is 527. The highest BCUT2D eigenvalue weighted by atomic mass is 32.1. The van der Waals surface area contributed by atoms with Crippen molar-refractivity contribution in [1.29, 1.82) is 0 Å². The van der Waals surface area contributed by atoms with Crippen LogP contribution >= 0.6 is 22.7 Å². The number of hydrogen-bond donors (Lipinski definition) is 3. The molecule has 2 aromatic heterocycles. The number of rotatable bonds is 5. The maximum absolute atomic E-state index is 11.6. The van der Waals surface area contributed by atoms with Crippen LogP contribution in [0.25, 0.3) is 10.6 Å².